The average molecular weight is 434 g/mol. The summed E-state index contributed by atoms with van der Waals surface area (Å²) in [6, 6.07) is 9.86. The van der Waals surface area contributed by atoms with E-state index < -0.39 is 17.8 Å². The fourth-order valence-corrected chi connectivity index (χ4v) is 4.17. The highest BCUT2D eigenvalue weighted by Gasteiger charge is 2.38. The molecule has 0 N–H and O–H groups in total. The van der Waals surface area contributed by atoms with Gasteiger partial charge >= 0.3 is 5.97 Å². The number of amides is 3. The molecule has 2 aromatic rings. The Morgan fingerprint density at radius 1 is 0.875 bits per heavy atom. The zero-order chi connectivity index (χ0) is 22.8. The second-order valence-electron chi connectivity index (χ2n) is 8.37. The highest BCUT2D eigenvalue weighted by Crippen LogP contribution is 2.31. The second-order valence-corrected chi connectivity index (χ2v) is 8.37. The molecule has 0 aliphatic carbocycles. The molecule has 2 heterocycles. The molecule has 1 fully saturated rings. The van der Waals surface area contributed by atoms with E-state index in [0.29, 0.717) is 18.8 Å². The van der Waals surface area contributed by atoms with E-state index in [9.17, 15) is 19.2 Å². The van der Waals surface area contributed by atoms with Crippen molar-refractivity contribution in [3.8, 4) is 0 Å². The third kappa shape index (κ3) is 4.15. The topological polar surface area (TPSA) is 84.0 Å². The minimum absolute atomic E-state index is 0.136. The number of carbonyl (C=O) groups is 4. The fraction of sp³-hybridized carbons (Fsp3) is 0.360. The van der Waals surface area contributed by atoms with E-state index in [1.807, 2.05) is 26.0 Å². The summed E-state index contributed by atoms with van der Waals surface area (Å²) in [5, 5.41) is 0. The standard InChI is InChI=1S/C25H26N2O5/c1-16-7-8-17(2)21(13-16)27-23(29)19-10-9-18(14-20(19)24(27)30)25(31)32-15-22(28)26-11-5-3-4-6-12-26/h7-10,13-14H,3-6,11-12,15H2,1-2H3. The van der Waals surface area contributed by atoms with E-state index in [1.54, 1.807) is 11.0 Å². The smallest absolute Gasteiger partial charge is 0.338 e. The summed E-state index contributed by atoms with van der Waals surface area (Å²) in [6.45, 7) is 4.75. The zero-order valence-corrected chi connectivity index (χ0v) is 18.3. The Bertz CT molecular complexity index is 1100. The molecule has 2 aromatic carbocycles. The van der Waals surface area contributed by atoms with Crippen molar-refractivity contribution in [3.05, 3.63) is 64.2 Å². The molecule has 2 aliphatic rings. The Balaban J connectivity index is 1.49. The monoisotopic (exact) mass is 434 g/mol. The van der Waals surface area contributed by atoms with Gasteiger partial charge in [-0.25, -0.2) is 9.69 Å². The molecule has 3 amide bonds. The van der Waals surface area contributed by atoms with Crippen molar-refractivity contribution < 1.29 is 23.9 Å². The van der Waals surface area contributed by atoms with Crippen LogP contribution in [0.5, 0.6) is 0 Å². The summed E-state index contributed by atoms with van der Waals surface area (Å²) >= 11 is 0. The number of hydrogen-bond donors (Lipinski definition) is 0. The van der Waals surface area contributed by atoms with Crippen LogP contribution in [0.25, 0.3) is 0 Å². The molecule has 2 aliphatic heterocycles. The molecule has 0 saturated carbocycles. The second kappa shape index (κ2) is 8.94. The molecule has 0 spiro atoms. The maximum absolute atomic E-state index is 13.0. The van der Waals surface area contributed by atoms with Gasteiger partial charge in [-0.15, -0.1) is 0 Å². The molecule has 166 valence electrons. The number of carbonyl (C=O) groups excluding carboxylic acids is 4. The average Bonchev–Trinajstić information content (AvgIpc) is 2.97. The zero-order valence-electron chi connectivity index (χ0n) is 18.3. The predicted octanol–water partition coefficient (Wildman–Crippen LogP) is 3.66. The van der Waals surface area contributed by atoms with Crippen LogP contribution in [-0.2, 0) is 9.53 Å². The van der Waals surface area contributed by atoms with Crippen LogP contribution >= 0.6 is 0 Å². The van der Waals surface area contributed by atoms with Crippen molar-refractivity contribution in [2.75, 3.05) is 24.6 Å². The van der Waals surface area contributed by atoms with Crippen molar-refractivity contribution in [2.45, 2.75) is 39.5 Å². The normalized spacial score (nSPS) is 16.1. The minimum atomic E-state index is -0.693. The molecule has 32 heavy (non-hydrogen) atoms. The quantitative estimate of drug-likeness (QED) is 0.542. The molecule has 4 rings (SSSR count). The van der Waals surface area contributed by atoms with E-state index in [1.165, 1.54) is 18.2 Å². The lowest BCUT2D eigenvalue weighted by Gasteiger charge is -2.19. The first-order valence-electron chi connectivity index (χ1n) is 10.9. The molecule has 0 radical (unpaired) electrons. The highest BCUT2D eigenvalue weighted by atomic mass is 16.5. The summed E-state index contributed by atoms with van der Waals surface area (Å²) in [6.07, 6.45) is 4.12. The molecule has 0 atom stereocenters. The number of hydrogen-bond acceptors (Lipinski definition) is 5. The van der Waals surface area contributed by atoms with Crippen molar-refractivity contribution in [1.82, 2.24) is 4.90 Å². The molecule has 0 aromatic heterocycles. The summed E-state index contributed by atoms with van der Waals surface area (Å²) < 4.78 is 5.21. The third-order valence-electron chi connectivity index (χ3n) is 6.01. The Morgan fingerprint density at radius 2 is 1.56 bits per heavy atom. The first-order valence-corrected chi connectivity index (χ1v) is 10.9. The predicted molar refractivity (Wildman–Crippen MR) is 119 cm³/mol. The summed E-state index contributed by atoms with van der Waals surface area (Å²) in [4.78, 5) is 53.7. The fourth-order valence-electron chi connectivity index (χ4n) is 4.17. The number of anilines is 1. The molecular weight excluding hydrogens is 408 g/mol. The largest absolute Gasteiger partial charge is 0.452 e. The van der Waals surface area contributed by atoms with Crippen LogP contribution in [0, 0.1) is 13.8 Å². The molecule has 1 saturated heterocycles. The van der Waals surface area contributed by atoms with Gasteiger partial charge in [0.25, 0.3) is 17.7 Å². The number of benzene rings is 2. The number of likely N-dealkylation sites (tertiary alicyclic amines) is 1. The van der Waals surface area contributed by atoms with Gasteiger partial charge in [0, 0.05) is 13.1 Å². The van der Waals surface area contributed by atoms with E-state index in [4.69, 9.17) is 4.74 Å². The van der Waals surface area contributed by atoms with Gasteiger partial charge in [-0.1, -0.05) is 25.0 Å². The highest BCUT2D eigenvalue weighted by molar-refractivity contribution is 6.35. The van der Waals surface area contributed by atoms with Crippen molar-refractivity contribution in [2.24, 2.45) is 0 Å². The SMILES string of the molecule is Cc1ccc(C)c(N2C(=O)c3ccc(C(=O)OCC(=O)N4CCCCCC4)cc3C2=O)c1. The van der Waals surface area contributed by atoms with Gasteiger partial charge in [0.2, 0.25) is 0 Å². The Hall–Kier alpha value is -3.48. The molecule has 7 nitrogen and oxygen atoms in total. The van der Waals surface area contributed by atoms with Crippen LogP contribution in [0.2, 0.25) is 0 Å². The first kappa shape index (κ1) is 21.7. The van der Waals surface area contributed by atoms with Crippen molar-refractivity contribution in [1.29, 1.82) is 0 Å². The number of nitrogens with zero attached hydrogens (tertiary/aromatic N) is 2. The molecule has 0 unspecified atom stereocenters. The molecular formula is C25H26N2O5. The van der Waals surface area contributed by atoms with Gasteiger partial charge in [0.05, 0.1) is 22.4 Å². The van der Waals surface area contributed by atoms with Gasteiger partial charge in [-0.3, -0.25) is 14.4 Å². The number of rotatable bonds is 4. The maximum Gasteiger partial charge on any atom is 0.338 e. The van der Waals surface area contributed by atoms with Gasteiger partial charge in [0.15, 0.2) is 6.61 Å². The first-order chi connectivity index (χ1) is 15.4. The van der Waals surface area contributed by atoms with Crippen LogP contribution in [0.3, 0.4) is 0 Å². The Morgan fingerprint density at radius 3 is 2.28 bits per heavy atom. The number of imide groups is 1. The van der Waals surface area contributed by atoms with Gasteiger partial charge in [-0.2, -0.15) is 0 Å². The minimum Gasteiger partial charge on any atom is -0.452 e. The summed E-state index contributed by atoms with van der Waals surface area (Å²) in [5.74, 6) is -1.81. The van der Waals surface area contributed by atoms with Gasteiger partial charge < -0.3 is 9.64 Å². The van der Waals surface area contributed by atoms with E-state index in [0.717, 1.165) is 41.7 Å². The van der Waals surface area contributed by atoms with E-state index in [2.05, 4.69) is 0 Å². The number of esters is 1. The molecule has 0 bridgehead atoms. The summed E-state index contributed by atoms with van der Waals surface area (Å²) in [7, 11) is 0. The van der Waals surface area contributed by atoms with Crippen molar-refractivity contribution >= 4 is 29.4 Å². The van der Waals surface area contributed by atoms with Gasteiger partial charge in [-0.05, 0) is 62.1 Å². The van der Waals surface area contributed by atoms with Crippen LogP contribution in [0.4, 0.5) is 5.69 Å². The summed E-state index contributed by atoms with van der Waals surface area (Å²) in [5.41, 5.74) is 2.80. The van der Waals surface area contributed by atoms with Gasteiger partial charge in [0.1, 0.15) is 0 Å². The maximum atomic E-state index is 13.0. The third-order valence-corrected chi connectivity index (χ3v) is 6.01. The lowest BCUT2D eigenvalue weighted by atomic mass is 10.1. The van der Waals surface area contributed by atoms with E-state index >= 15 is 0 Å². The Kier molecular flexibility index (Phi) is 6.08. The van der Waals surface area contributed by atoms with E-state index in [-0.39, 0.29) is 29.2 Å². The van der Waals surface area contributed by atoms with Crippen molar-refractivity contribution in [3.63, 3.8) is 0 Å². The number of aryl methyl sites for hydroxylation is 2. The number of ether oxygens (including phenoxy) is 1. The lowest BCUT2D eigenvalue weighted by molar-refractivity contribution is -0.134. The van der Waals surface area contributed by atoms with Crippen LogP contribution in [-0.4, -0.2) is 48.3 Å². The Labute approximate surface area is 187 Å². The van der Waals surface area contributed by atoms with Crippen LogP contribution in [0.1, 0.15) is 67.9 Å². The number of fused-ring (bicyclic) bond motifs is 1. The molecule has 7 heteroatoms. The lowest BCUT2D eigenvalue weighted by Crippen LogP contribution is -2.35. The van der Waals surface area contributed by atoms with Crippen LogP contribution in [0.15, 0.2) is 36.4 Å². The van der Waals surface area contributed by atoms with Crippen LogP contribution < -0.4 is 4.90 Å².